The molecule has 2 N–H and O–H groups in total. The average molecular weight is 441 g/mol. The highest BCUT2D eigenvalue weighted by molar-refractivity contribution is 5.51. The largest absolute Gasteiger partial charge is 0.507 e. The van der Waals surface area contributed by atoms with E-state index in [0.29, 0.717) is 11.5 Å². The van der Waals surface area contributed by atoms with Gasteiger partial charge in [-0.2, -0.15) is 0 Å². The zero-order valence-electron chi connectivity index (χ0n) is 23.2. The fourth-order valence-electron chi connectivity index (χ4n) is 4.17. The summed E-state index contributed by atoms with van der Waals surface area (Å²) in [4.78, 5) is 0. The number of hydrogen-bond acceptors (Lipinski definition) is 2. The van der Waals surface area contributed by atoms with Crippen molar-refractivity contribution in [3.05, 3.63) is 57.6 Å². The molecule has 2 heteroatoms. The lowest BCUT2D eigenvalue weighted by molar-refractivity contribution is 0.421. The number of phenolic OH excluding ortho intramolecular Hbond substituents is 2. The molecule has 2 rings (SSSR count). The van der Waals surface area contributed by atoms with Gasteiger partial charge in [-0.15, -0.1) is 0 Å². The van der Waals surface area contributed by atoms with Crippen LogP contribution in [-0.4, -0.2) is 10.2 Å². The minimum absolute atomic E-state index is 0.0161. The fourth-order valence-corrected chi connectivity index (χ4v) is 4.17. The summed E-state index contributed by atoms with van der Waals surface area (Å²) in [6, 6.07) is 8.33. The SMILES string of the molecule is Cc1cc(C(C)(C)C)c(O)c(C(C)(C)C)c1.Cc1ccc(C(C)(C)C)c(O)c1C(C)(C)C. The minimum Gasteiger partial charge on any atom is -0.507 e. The molecule has 2 nitrogen and oxygen atoms in total. The van der Waals surface area contributed by atoms with E-state index < -0.39 is 0 Å². The third-order valence-electron chi connectivity index (χ3n) is 5.81. The molecule has 0 aromatic heterocycles. The maximum Gasteiger partial charge on any atom is 0.123 e. The van der Waals surface area contributed by atoms with Crippen LogP contribution in [0.5, 0.6) is 11.5 Å². The van der Waals surface area contributed by atoms with Crippen LogP contribution in [0.1, 0.15) is 116 Å². The van der Waals surface area contributed by atoms with Crippen LogP contribution < -0.4 is 0 Å². The van der Waals surface area contributed by atoms with Gasteiger partial charge in [0.1, 0.15) is 11.5 Å². The van der Waals surface area contributed by atoms with Crippen molar-refractivity contribution in [3.8, 4) is 11.5 Å². The third kappa shape index (κ3) is 6.77. The lowest BCUT2D eigenvalue weighted by Gasteiger charge is -2.28. The topological polar surface area (TPSA) is 40.5 Å². The predicted molar refractivity (Wildman–Crippen MR) is 140 cm³/mol. The van der Waals surface area contributed by atoms with Crippen molar-refractivity contribution in [2.75, 3.05) is 0 Å². The Bertz CT molecular complexity index is 902. The van der Waals surface area contributed by atoms with Gasteiger partial charge in [0.05, 0.1) is 0 Å². The van der Waals surface area contributed by atoms with Crippen LogP contribution in [0.3, 0.4) is 0 Å². The summed E-state index contributed by atoms with van der Waals surface area (Å²) in [7, 11) is 0. The Morgan fingerprint density at radius 1 is 0.500 bits per heavy atom. The molecule has 2 aromatic carbocycles. The number of rotatable bonds is 0. The first-order chi connectivity index (χ1) is 14.1. The second-order valence-electron chi connectivity index (χ2n) is 13.4. The lowest BCUT2D eigenvalue weighted by atomic mass is 9.77. The zero-order valence-corrected chi connectivity index (χ0v) is 23.2. The maximum absolute atomic E-state index is 10.4. The zero-order chi connectivity index (χ0) is 25.4. The van der Waals surface area contributed by atoms with Crippen LogP contribution in [0.4, 0.5) is 0 Å². The quantitative estimate of drug-likeness (QED) is 0.430. The van der Waals surface area contributed by atoms with Crippen molar-refractivity contribution < 1.29 is 10.2 Å². The minimum atomic E-state index is -0.0184. The fraction of sp³-hybridized carbons (Fsp3) is 0.600. The molecule has 0 unspecified atom stereocenters. The van der Waals surface area contributed by atoms with Crippen molar-refractivity contribution in [2.24, 2.45) is 0 Å². The van der Waals surface area contributed by atoms with E-state index in [4.69, 9.17) is 0 Å². The highest BCUT2D eigenvalue weighted by Crippen LogP contribution is 2.41. The summed E-state index contributed by atoms with van der Waals surface area (Å²) < 4.78 is 0. The Hall–Kier alpha value is -1.96. The third-order valence-corrected chi connectivity index (χ3v) is 5.81. The van der Waals surface area contributed by atoms with Crippen molar-refractivity contribution in [2.45, 2.75) is 119 Å². The summed E-state index contributed by atoms with van der Waals surface area (Å²) in [5.41, 5.74) is 6.49. The number of aryl methyl sites for hydroxylation is 2. The van der Waals surface area contributed by atoms with Crippen molar-refractivity contribution in [1.29, 1.82) is 0 Å². The van der Waals surface area contributed by atoms with Crippen LogP contribution >= 0.6 is 0 Å². The second-order valence-corrected chi connectivity index (χ2v) is 13.4. The first kappa shape index (κ1) is 28.1. The molecular weight excluding hydrogens is 392 g/mol. The van der Waals surface area contributed by atoms with Gasteiger partial charge in [0, 0.05) is 5.56 Å². The molecule has 180 valence electrons. The van der Waals surface area contributed by atoms with Crippen LogP contribution in [0.2, 0.25) is 0 Å². The molecule has 0 heterocycles. The number of benzene rings is 2. The Labute approximate surface area is 198 Å². The van der Waals surface area contributed by atoms with E-state index in [1.54, 1.807) is 0 Å². The molecule has 0 amide bonds. The molecule has 0 fully saturated rings. The standard InChI is InChI=1S/2C15H24O/c1-10-8-11(14(2,3)4)13(16)12(9-10)15(5,6)7;1-10-8-9-11(14(2,3)4)13(16)12(10)15(5,6)7/h2*8-9,16H,1-7H3. The molecule has 0 aliphatic heterocycles. The monoisotopic (exact) mass is 440 g/mol. The van der Waals surface area contributed by atoms with Gasteiger partial charge in [0.25, 0.3) is 0 Å². The van der Waals surface area contributed by atoms with Crippen molar-refractivity contribution >= 4 is 0 Å². The van der Waals surface area contributed by atoms with Crippen LogP contribution in [0.15, 0.2) is 24.3 Å². The number of phenols is 2. The Morgan fingerprint density at radius 3 is 1.19 bits per heavy atom. The summed E-state index contributed by atoms with van der Waals surface area (Å²) >= 11 is 0. The second kappa shape index (κ2) is 9.12. The van der Waals surface area contributed by atoms with Gasteiger partial charge in [-0.1, -0.05) is 113 Å². The normalized spacial score (nSPS) is 12.9. The Kier molecular flexibility index (Phi) is 8.00. The van der Waals surface area contributed by atoms with Crippen LogP contribution in [0, 0.1) is 13.8 Å². The molecule has 0 atom stereocenters. The molecule has 0 bridgehead atoms. The van der Waals surface area contributed by atoms with E-state index in [9.17, 15) is 10.2 Å². The van der Waals surface area contributed by atoms with Gasteiger partial charge in [-0.05, 0) is 57.8 Å². The van der Waals surface area contributed by atoms with Gasteiger partial charge in [0.2, 0.25) is 0 Å². The molecule has 0 radical (unpaired) electrons. The summed E-state index contributed by atoms with van der Waals surface area (Å²) in [6.07, 6.45) is 0. The average Bonchev–Trinajstić information content (AvgIpc) is 2.52. The van der Waals surface area contributed by atoms with Gasteiger partial charge in [-0.3, -0.25) is 0 Å². The molecular formula is C30H48O2. The molecule has 2 aromatic rings. The Balaban J connectivity index is 0.000000320. The lowest BCUT2D eigenvalue weighted by Crippen LogP contribution is -2.18. The summed E-state index contributed by atoms with van der Waals surface area (Å²) in [5, 5.41) is 20.8. The van der Waals surface area contributed by atoms with Gasteiger partial charge in [-0.25, -0.2) is 0 Å². The van der Waals surface area contributed by atoms with E-state index in [2.05, 4.69) is 115 Å². The highest BCUT2D eigenvalue weighted by Gasteiger charge is 2.27. The molecule has 0 aliphatic carbocycles. The van der Waals surface area contributed by atoms with Crippen molar-refractivity contribution in [1.82, 2.24) is 0 Å². The number of aromatic hydroxyl groups is 2. The van der Waals surface area contributed by atoms with Gasteiger partial charge in [0.15, 0.2) is 0 Å². The van der Waals surface area contributed by atoms with Crippen LogP contribution in [0.25, 0.3) is 0 Å². The van der Waals surface area contributed by atoms with Gasteiger partial charge < -0.3 is 10.2 Å². The van der Waals surface area contributed by atoms with E-state index >= 15 is 0 Å². The molecule has 32 heavy (non-hydrogen) atoms. The highest BCUT2D eigenvalue weighted by atomic mass is 16.3. The predicted octanol–water partition coefficient (Wildman–Crippen LogP) is 8.59. The summed E-state index contributed by atoms with van der Waals surface area (Å²) in [6.45, 7) is 29.8. The van der Waals surface area contributed by atoms with E-state index in [-0.39, 0.29) is 21.7 Å². The molecule has 0 spiro atoms. The smallest absolute Gasteiger partial charge is 0.123 e. The first-order valence-corrected chi connectivity index (χ1v) is 11.8. The molecule has 0 aliphatic rings. The van der Waals surface area contributed by atoms with Crippen LogP contribution in [-0.2, 0) is 21.7 Å². The van der Waals surface area contributed by atoms with Gasteiger partial charge >= 0.3 is 0 Å². The molecule has 0 saturated carbocycles. The van der Waals surface area contributed by atoms with Crippen molar-refractivity contribution in [3.63, 3.8) is 0 Å². The van der Waals surface area contributed by atoms with E-state index in [1.807, 2.05) is 6.07 Å². The first-order valence-electron chi connectivity index (χ1n) is 11.8. The Morgan fingerprint density at radius 2 is 0.875 bits per heavy atom. The van der Waals surface area contributed by atoms with E-state index in [1.165, 1.54) is 5.56 Å². The maximum atomic E-state index is 10.4. The summed E-state index contributed by atoms with van der Waals surface area (Å²) in [5.74, 6) is 0.936. The molecule has 0 saturated heterocycles. The van der Waals surface area contributed by atoms with E-state index in [0.717, 1.165) is 27.8 Å². The number of hydrogen-bond donors (Lipinski definition) is 2.